The van der Waals surface area contributed by atoms with Crippen LogP contribution in [0.3, 0.4) is 0 Å². The van der Waals surface area contributed by atoms with E-state index in [2.05, 4.69) is 4.74 Å². The standard InChI is InChI=1S/C10H6O5/c11-8-3-6-5(10(12)15-8)1-2-7-9(6)14-4-13-7/h1-2H,3-4H2. The molecule has 0 spiro atoms. The topological polar surface area (TPSA) is 61.8 Å². The summed E-state index contributed by atoms with van der Waals surface area (Å²) in [6, 6.07) is 3.22. The van der Waals surface area contributed by atoms with E-state index in [0.29, 0.717) is 22.6 Å². The fraction of sp³-hybridized carbons (Fsp3) is 0.200. The molecule has 0 unspecified atom stereocenters. The Hall–Kier alpha value is -2.04. The van der Waals surface area contributed by atoms with Crippen LogP contribution in [0.25, 0.3) is 0 Å². The average molecular weight is 206 g/mol. The van der Waals surface area contributed by atoms with E-state index >= 15 is 0 Å². The third kappa shape index (κ3) is 1.09. The van der Waals surface area contributed by atoms with Gasteiger partial charge in [-0.2, -0.15) is 0 Å². The van der Waals surface area contributed by atoms with Gasteiger partial charge < -0.3 is 14.2 Å². The van der Waals surface area contributed by atoms with Crippen LogP contribution < -0.4 is 9.47 Å². The van der Waals surface area contributed by atoms with Gasteiger partial charge in [0.05, 0.1) is 12.0 Å². The lowest BCUT2D eigenvalue weighted by molar-refractivity contribution is -0.137. The molecule has 2 aliphatic heterocycles. The zero-order valence-electron chi connectivity index (χ0n) is 7.61. The second-order valence-electron chi connectivity index (χ2n) is 3.26. The minimum absolute atomic E-state index is 0.0492. The zero-order valence-corrected chi connectivity index (χ0v) is 7.61. The molecular formula is C10H6O5. The van der Waals surface area contributed by atoms with Gasteiger partial charge in [0.25, 0.3) is 0 Å². The van der Waals surface area contributed by atoms with Gasteiger partial charge in [-0.1, -0.05) is 0 Å². The van der Waals surface area contributed by atoms with Crippen molar-refractivity contribution in [3.63, 3.8) is 0 Å². The van der Waals surface area contributed by atoms with Gasteiger partial charge in [0.2, 0.25) is 6.79 Å². The van der Waals surface area contributed by atoms with Crippen molar-refractivity contribution in [2.24, 2.45) is 0 Å². The van der Waals surface area contributed by atoms with Gasteiger partial charge in [-0.15, -0.1) is 0 Å². The number of carbonyl (C=O) groups is 2. The highest BCUT2D eigenvalue weighted by molar-refractivity contribution is 6.03. The first-order valence-electron chi connectivity index (χ1n) is 4.42. The highest BCUT2D eigenvalue weighted by atomic mass is 16.7. The van der Waals surface area contributed by atoms with Crippen molar-refractivity contribution in [1.82, 2.24) is 0 Å². The summed E-state index contributed by atoms with van der Waals surface area (Å²) in [6.07, 6.45) is 0.0492. The van der Waals surface area contributed by atoms with Crippen LogP contribution in [0.2, 0.25) is 0 Å². The minimum atomic E-state index is -0.625. The number of ether oxygens (including phenoxy) is 3. The van der Waals surface area contributed by atoms with E-state index in [4.69, 9.17) is 9.47 Å². The lowest BCUT2D eigenvalue weighted by Crippen LogP contribution is -2.23. The fourth-order valence-corrected chi connectivity index (χ4v) is 1.74. The molecule has 15 heavy (non-hydrogen) atoms. The summed E-state index contributed by atoms with van der Waals surface area (Å²) in [5.74, 6) is -0.135. The molecule has 5 nitrogen and oxygen atoms in total. The van der Waals surface area contributed by atoms with Gasteiger partial charge in [-0.05, 0) is 12.1 Å². The second kappa shape index (κ2) is 2.73. The van der Waals surface area contributed by atoms with E-state index < -0.39 is 11.9 Å². The van der Waals surface area contributed by atoms with Gasteiger partial charge in [-0.3, -0.25) is 4.79 Å². The number of cyclic esters (lactones) is 2. The van der Waals surface area contributed by atoms with Crippen LogP contribution >= 0.6 is 0 Å². The Morgan fingerprint density at radius 1 is 1.13 bits per heavy atom. The normalized spacial score (nSPS) is 17.3. The smallest absolute Gasteiger partial charge is 0.346 e. The maximum Gasteiger partial charge on any atom is 0.346 e. The Balaban J connectivity index is 2.22. The van der Waals surface area contributed by atoms with Crippen molar-refractivity contribution >= 4 is 11.9 Å². The number of carbonyl (C=O) groups excluding carboxylic acids is 2. The van der Waals surface area contributed by atoms with Gasteiger partial charge in [0.15, 0.2) is 11.5 Å². The van der Waals surface area contributed by atoms with Crippen LogP contribution in [0.4, 0.5) is 0 Å². The van der Waals surface area contributed by atoms with Crippen molar-refractivity contribution < 1.29 is 23.8 Å². The van der Waals surface area contributed by atoms with Crippen molar-refractivity contribution in [2.75, 3.05) is 6.79 Å². The molecule has 5 heteroatoms. The number of benzene rings is 1. The van der Waals surface area contributed by atoms with Crippen molar-refractivity contribution in [3.05, 3.63) is 23.3 Å². The Bertz CT molecular complexity index is 477. The second-order valence-corrected chi connectivity index (χ2v) is 3.26. The van der Waals surface area contributed by atoms with E-state index in [1.807, 2.05) is 0 Å². The fourth-order valence-electron chi connectivity index (χ4n) is 1.74. The summed E-state index contributed by atoms with van der Waals surface area (Å²) in [5.41, 5.74) is 0.935. The molecule has 76 valence electrons. The maximum absolute atomic E-state index is 11.4. The van der Waals surface area contributed by atoms with E-state index in [1.54, 1.807) is 12.1 Å². The van der Waals surface area contributed by atoms with Crippen LogP contribution in [0.1, 0.15) is 15.9 Å². The molecule has 0 fully saturated rings. The molecule has 0 saturated carbocycles. The van der Waals surface area contributed by atoms with Crippen LogP contribution in [0, 0.1) is 0 Å². The van der Waals surface area contributed by atoms with Crippen LogP contribution in [-0.4, -0.2) is 18.7 Å². The predicted octanol–water partition coefficient (Wildman–Crippen LogP) is 0.655. The van der Waals surface area contributed by atoms with Crippen molar-refractivity contribution in [3.8, 4) is 11.5 Å². The first-order chi connectivity index (χ1) is 7.25. The number of rotatable bonds is 0. The molecule has 1 aromatic carbocycles. The third-order valence-electron chi connectivity index (χ3n) is 2.39. The Labute approximate surface area is 84.5 Å². The SMILES string of the molecule is O=C1Cc2c(ccc3c2OCO3)C(=O)O1. The largest absolute Gasteiger partial charge is 0.454 e. The maximum atomic E-state index is 11.4. The first-order valence-corrected chi connectivity index (χ1v) is 4.42. The lowest BCUT2D eigenvalue weighted by atomic mass is 10.0. The number of esters is 2. The average Bonchev–Trinajstić information content (AvgIpc) is 2.65. The van der Waals surface area contributed by atoms with E-state index in [1.165, 1.54) is 0 Å². The molecule has 1 aromatic rings. The summed E-state index contributed by atoms with van der Waals surface area (Å²) < 4.78 is 14.9. The molecule has 2 heterocycles. The molecule has 3 rings (SSSR count). The van der Waals surface area contributed by atoms with Crippen LogP contribution in [-0.2, 0) is 16.0 Å². The summed E-state index contributed by atoms with van der Waals surface area (Å²) >= 11 is 0. The predicted molar refractivity (Wildman–Crippen MR) is 46.7 cm³/mol. The molecule has 0 bridgehead atoms. The van der Waals surface area contributed by atoms with Gasteiger partial charge >= 0.3 is 11.9 Å². The highest BCUT2D eigenvalue weighted by Crippen LogP contribution is 2.39. The van der Waals surface area contributed by atoms with E-state index in [-0.39, 0.29) is 13.2 Å². The Kier molecular flexibility index (Phi) is 1.50. The molecule has 2 aliphatic rings. The van der Waals surface area contributed by atoms with Gasteiger partial charge in [0, 0.05) is 5.56 Å². The minimum Gasteiger partial charge on any atom is -0.454 e. The molecule has 0 radical (unpaired) electrons. The number of fused-ring (bicyclic) bond motifs is 3. The molecule has 0 aromatic heterocycles. The summed E-state index contributed by atoms with van der Waals surface area (Å²) in [4.78, 5) is 22.5. The molecule has 0 N–H and O–H groups in total. The quantitative estimate of drug-likeness (QED) is 0.460. The number of hydrogen-bond donors (Lipinski definition) is 0. The molecule has 0 aliphatic carbocycles. The first kappa shape index (κ1) is 8.28. The van der Waals surface area contributed by atoms with Crippen molar-refractivity contribution in [2.45, 2.75) is 6.42 Å². The zero-order chi connectivity index (χ0) is 10.4. The highest BCUT2D eigenvalue weighted by Gasteiger charge is 2.31. The van der Waals surface area contributed by atoms with Crippen LogP contribution in [0.15, 0.2) is 12.1 Å². The van der Waals surface area contributed by atoms with Gasteiger partial charge in [-0.25, -0.2) is 4.79 Å². The summed E-state index contributed by atoms with van der Waals surface area (Å²) in [6.45, 7) is 0.120. The number of hydrogen-bond acceptors (Lipinski definition) is 5. The van der Waals surface area contributed by atoms with E-state index in [0.717, 1.165) is 0 Å². The van der Waals surface area contributed by atoms with Crippen molar-refractivity contribution in [1.29, 1.82) is 0 Å². The molecule has 0 atom stereocenters. The third-order valence-corrected chi connectivity index (χ3v) is 2.39. The molecular weight excluding hydrogens is 200 g/mol. The Morgan fingerprint density at radius 2 is 2.00 bits per heavy atom. The van der Waals surface area contributed by atoms with E-state index in [9.17, 15) is 9.59 Å². The van der Waals surface area contributed by atoms with Crippen LogP contribution in [0.5, 0.6) is 11.5 Å². The summed E-state index contributed by atoms with van der Waals surface area (Å²) in [7, 11) is 0. The summed E-state index contributed by atoms with van der Waals surface area (Å²) in [5, 5.41) is 0. The Morgan fingerprint density at radius 3 is 2.87 bits per heavy atom. The molecule has 0 saturated heterocycles. The monoisotopic (exact) mass is 206 g/mol. The van der Waals surface area contributed by atoms with Gasteiger partial charge in [0.1, 0.15) is 0 Å². The lowest BCUT2D eigenvalue weighted by Gasteiger charge is -2.15. The molecule has 0 amide bonds.